The van der Waals surface area contributed by atoms with E-state index in [1.165, 1.54) is 28.3 Å². The van der Waals surface area contributed by atoms with E-state index in [2.05, 4.69) is 0 Å². The highest BCUT2D eigenvalue weighted by Gasteiger charge is 2.29. The molecule has 8 nitrogen and oxygen atoms in total. The van der Waals surface area contributed by atoms with E-state index in [1.54, 1.807) is 27.1 Å². The highest BCUT2D eigenvalue weighted by atomic mass is 32.2. The third kappa shape index (κ3) is 4.40. The van der Waals surface area contributed by atoms with Crippen LogP contribution in [0.2, 0.25) is 0 Å². The normalized spacial score (nSPS) is 16.8. The van der Waals surface area contributed by atoms with Gasteiger partial charge in [0.2, 0.25) is 10.0 Å². The average molecular weight is 384 g/mol. The second-order valence-electron chi connectivity index (χ2n) is 6.28. The molecule has 1 heterocycles. The summed E-state index contributed by atoms with van der Waals surface area (Å²) in [5.74, 6) is -1.10. The van der Waals surface area contributed by atoms with Crippen molar-refractivity contribution in [3.63, 3.8) is 0 Å². The van der Waals surface area contributed by atoms with E-state index in [0.29, 0.717) is 18.8 Å². The van der Waals surface area contributed by atoms with Crippen LogP contribution >= 0.6 is 0 Å². The fourth-order valence-electron chi connectivity index (χ4n) is 2.57. The molecule has 144 valence electrons. The number of hydrogen-bond acceptors (Lipinski definition) is 6. The van der Waals surface area contributed by atoms with Gasteiger partial charge in [-0.1, -0.05) is 6.07 Å². The number of nitrogens with zero attached hydrogens (tertiary/aromatic N) is 2. The second-order valence-corrected chi connectivity index (χ2v) is 8.18. The molecule has 1 aromatic rings. The maximum atomic E-state index is 12.9. The van der Waals surface area contributed by atoms with Gasteiger partial charge in [0, 0.05) is 27.2 Å². The number of morpholine rings is 1. The maximum absolute atomic E-state index is 12.9. The van der Waals surface area contributed by atoms with E-state index < -0.39 is 22.1 Å². The Balaban J connectivity index is 2.26. The molecule has 0 aliphatic carbocycles. The van der Waals surface area contributed by atoms with Crippen LogP contribution in [0.25, 0.3) is 0 Å². The van der Waals surface area contributed by atoms with Crippen LogP contribution in [0.1, 0.15) is 22.8 Å². The van der Waals surface area contributed by atoms with Crippen molar-refractivity contribution >= 4 is 21.9 Å². The second kappa shape index (κ2) is 8.15. The van der Waals surface area contributed by atoms with E-state index in [1.807, 2.05) is 0 Å². The lowest BCUT2D eigenvalue weighted by Gasteiger charge is -2.26. The average Bonchev–Trinajstić information content (AvgIpc) is 2.61. The van der Waals surface area contributed by atoms with Crippen molar-refractivity contribution in [3.8, 4) is 0 Å². The first kappa shape index (κ1) is 20.3. The predicted molar refractivity (Wildman–Crippen MR) is 94.3 cm³/mol. The minimum atomic E-state index is -3.74. The number of ether oxygens (including phenoxy) is 2. The highest BCUT2D eigenvalue weighted by molar-refractivity contribution is 7.89. The molecule has 0 N–H and O–H groups in total. The lowest BCUT2D eigenvalue weighted by atomic mass is 10.1. The Morgan fingerprint density at radius 3 is 2.42 bits per heavy atom. The van der Waals surface area contributed by atoms with Crippen LogP contribution in [0.3, 0.4) is 0 Å². The van der Waals surface area contributed by atoms with Gasteiger partial charge in [0.25, 0.3) is 5.91 Å². The molecule has 1 aliphatic heterocycles. The van der Waals surface area contributed by atoms with E-state index in [9.17, 15) is 18.0 Å². The first-order chi connectivity index (χ1) is 12.1. The number of benzene rings is 1. The number of hydrogen-bond donors (Lipinski definition) is 0. The molecule has 1 atom stereocenters. The number of aryl methyl sites for hydroxylation is 1. The summed E-state index contributed by atoms with van der Waals surface area (Å²) in [5.41, 5.74) is 0.617. The van der Waals surface area contributed by atoms with Crippen molar-refractivity contribution in [2.75, 3.05) is 40.4 Å². The van der Waals surface area contributed by atoms with Crippen LogP contribution in [-0.4, -0.2) is 76.0 Å². The van der Waals surface area contributed by atoms with Crippen molar-refractivity contribution in [1.82, 2.24) is 9.21 Å². The van der Waals surface area contributed by atoms with Gasteiger partial charge in [-0.3, -0.25) is 4.79 Å². The van der Waals surface area contributed by atoms with Crippen molar-refractivity contribution in [1.29, 1.82) is 0 Å². The third-order valence-electron chi connectivity index (χ3n) is 4.08. The van der Waals surface area contributed by atoms with Gasteiger partial charge in [-0.15, -0.1) is 0 Å². The molecule has 1 amide bonds. The molecule has 1 aliphatic rings. The monoisotopic (exact) mass is 384 g/mol. The molecule has 0 unspecified atom stereocenters. The molecule has 2 rings (SSSR count). The number of likely N-dealkylation sites (N-methyl/N-ethyl adjacent to an activating group) is 1. The number of sulfonamides is 1. The number of carbonyl (C=O) groups excluding carboxylic acids is 2. The Bertz CT molecular complexity index is 784. The SMILES string of the molecule is Cc1ccc(C(=O)O[C@H](C)C(=O)N(C)C)cc1S(=O)(=O)N1CCOCC1. The lowest BCUT2D eigenvalue weighted by Crippen LogP contribution is -2.40. The summed E-state index contributed by atoms with van der Waals surface area (Å²) >= 11 is 0. The van der Waals surface area contributed by atoms with Gasteiger partial charge in [-0.2, -0.15) is 4.31 Å². The summed E-state index contributed by atoms with van der Waals surface area (Å²) in [5, 5.41) is 0. The van der Waals surface area contributed by atoms with Gasteiger partial charge >= 0.3 is 5.97 Å². The standard InChI is InChI=1S/C17H24N2O6S/c1-12-5-6-14(17(21)25-13(2)16(20)18(3)4)11-15(12)26(22,23)19-7-9-24-10-8-19/h5-6,11,13H,7-10H2,1-4H3/t13-/m1/s1. The molecule has 0 spiro atoms. The summed E-state index contributed by atoms with van der Waals surface area (Å²) in [7, 11) is -0.614. The van der Waals surface area contributed by atoms with Crippen LogP contribution in [0, 0.1) is 6.92 Å². The first-order valence-corrected chi connectivity index (χ1v) is 9.69. The van der Waals surface area contributed by atoms with Crippen LogP contribution in [0.5, 0.6) is 0 Å². The molecule has 1 aromatic carbocycles. The first-order valence-electron chi connectivity index (χ1n) is 8.25. The minimum absolute atomic E-state index is 0.0560. The van der Waals surface area contributed by atoms with E-state index in [0.717, 1.165) is 0 Å². The van der Waals surface area contributed by atoms with Crippen molar-refractivity contribution in [2.24, 2.45) is 0 Å². The van der Waals surface area contributed by atoms with Gasteiger partial charge in [0.1, 0.15) is 0 Å². The van der Waals surface area contributed by atoms with Crippen LogP contribution in [0.15, 0.2) is 23.1 Å². The Morgan fingerprint density at radius 1 is 1.23 bits per heavy atom. The summed E-state index contributed by atoms with van der Waals surface area (Å²) in [4.78, 5) is 25.5. The summed E-state index contributed by atoms with van der Waals surface area (Å²) in [6.07, 6.45) is -0.960. The number of esters is 1. The number of amides is 1. The molecule has 0 bridgehead atoms. The maximum Gasteiger partial charge on any atom is 0.338 e. The van der Waals surface area contributed by atoms with Crippen LogP contribution < -0.4 is 0 Å². The van der Waals surface area contributed by atoms with E-state index in [4.69, 9.17) is 9.47 Å². The zero-order valence-electron chi connectivity index (χ0n) is 15.4. The van der Waals surface area contributed by atoms with Crippen LogP contribution in [-0.2, 0) is 24.3 Å². The zero-order chi connectivity index (χ0) is 19.5. The summed E-state index contributed by atoms with van der Waals surface area (Å²) < 4.78 is 37.4. The Hall–Kier alpha value is -1.97. The molecule has 26 heavy (non-hydrogen) atoms. The lowest BCUT2D eigenvalue weighted by molar-refractivity contribution is -0.137. The topological polar surface area (TPSA) is 93.2 Å². The van der Waals surface area contributed by atoms with Crippen LogP contribution in [0.4, 0.5) is 0 Å². The molecular formula is C17H24N2O6S. The van der Waals surface area contributed by atoms with Crippen molar-refractivity contribution in [3.05, 3.63) is 29.3 Å². The molecule has 1 saturated heterocycles. The molecule has 1 fully saturated rings. The largest absolute Gasteiger partial charge is 0.449 e. The Kier molecular flexibility index (Phi) is 6.38. The Morgan fingerprint density at radius 2 is 1.85 bits per heavy atom. The molecule has 0 radical (unpaired) electrons. The molecule has 9 heteroatoms. The minimum Gasteiger partial charge on any atom is -0.449 e. The van der Waals surface area contributed by atoms with Gasteiger partial charge in [-0.25, -0.2) is 13.2 Å². The summed E-state index contributed by atoms with van der Waals surface area (Å²) in [6, 6.07) is 4.35. The van der Waals surface area contributed by atoms with Crippen molar-refractivity contribution < 1.29 is 27.5 Å². The summed E-state index contributed by atoms with van der Waals surface area (Å²) in [6.45, 7) is 4.35. The van der Waals surface area contributed by atoms with Gasteiger partial charge < -0.3 is 14.4 Å². The van der Waals surface area contributed by atoms with E-state index in [-0.39, 0.29) is 29.5 Å². The Labute approximate surface area is 153 Å². The number of rotatable bonds is 5. The third-order valence-corrected chi connectivity index (χ3v) is 6.12. The number of carbonyl (C=O) groups is 2. The van der Waals surface area contributed by atoms with Gasteiger partial charge in [0.15, 0.2) is 6.10 Å². The fraction of sp³-hybridized carbons (Fsp3) is 0.529. The molecular weight excluding hydrogens is 360 g/mol. The zero-order valence-corrected chi connectivity index (χ0v) is 16.2. The smallest absolute Gasteiger partial charge is 0.338 e. The highest BCUT2D eigenvalue weighted by Crippen LogP contribution is 2.23. The van der Waals surface area contributed by atoms with E-state index >= 15 is 0 Å². The van der Waals surface area contributed by atoms with Crippen molar-refractivity contribution in [2.45, 2.75) is 24.8 Å². The van der Waals surface area contributed by atoms with Gasteiger partial charge in [-0.05, 0) is 31.5 Å². The quantitative estimate of drug-likeness (QED) is 0.692. The van der Waals surface area contributed by atoms with Gasteiger partial charge in [0.05, 0.1) is 23.7 Å². The predicted octanol–water partition coefficient (Wildman–Crippen LogP) is 0.649. The fourth-order valence-corrected chi connectivity index (χ4v) is 4.23. The molecule has 0 saturated carbocycles. The molecule has 0 aromatic heterocycles.